The largest absolute Gasteiger partial charge is 0.358 e. The Labute approximate surface area is 148 Å². The van der Waals surface area contributed by atoms with Crippen molar-refractivity contribution in [2.24, 2.45) is 0 Å². The van der Waals surface area contributed by atoms with Crippen molar-refractivity contribution in [2.45, 2.75) is 44.7 Å². The van der Waals surface area contributed by atoms with Crippen molar-refractivity contribution in [3.63, 3.8) is 0 Å². The predicted octanol–water partition coefficient (Wildman–Crippen LogP) is 5.05. The predicted molar refractivity (Wildman–Crippen MR) is 96.9 cm³/mol. The molecular weight excluding hydrogens is 404 g/mol. The summed E-state index contributed by atoms with van der Waals surface area (Å²) >= 11 is -1.36. The summed E-state index contributed by atoms with van der Waals surface area (Å²) in [5.74, 6) is 0. The molecule has 0 aromatic heterocycles. The number of benzene rings is 1. The molecule has 2 atom stereocenters. The fourth-order valence-corrected chi connectivity index (χ4v) is 3.12. The standard InChI is InChI=1S/C14H19N2.C2H4.CH3.2ClH.Ru/c1-15-11-16(12-7-3-2-4-8-12)14-10-6-5-9-13(14)15;1-2;;;;/h2-4,7-8,11,13-14H,5-6,9-10H2,1H3;1H,2H3;1H3;2*1H;/q-1;;-1;;;+2/p-2. The Morgan fingerprint density at radius 1 is 1.14 bits per heavy atom. The molecule has 1 aliphatic carbocycles. The molecule has 2 unspecified atom stereocenters. The smallest absolute Gasteiger partial charge is 0.358 e. The molecule has 3 rings (SSSR count). The van der Waals surface area contributed by atoms with Gasteiger partial charge in [0.1, 0.15) is 0 Å². The molecule has 128 valence electrons. The number of hydrogen-bond acceptors (Lipinski definition) is 2. The van der Waals surface area contributed by atoms with Crippen LogP contribution in [-0.4, -0.2) is 28.6 Å². The average Bonchev–Trinajstić information content (AvgIpc) is 2.86. The summed E-state index contributed by atoms with van der Waals surface area (Å²) in [5.41, 5.74) is 1.34. The molecule has 1 aromatic rings. The number of para-hydroxylation sites is 1. The minimum Gasteiger partial charge on any atom is -0.358 e. The quantitative estimate of drug-likeness (QED) is 0.454. The number of anilines is 1. The van der Waals surface area contributed by atoms with Crippen molar-refractivity contribution >= 4 is 29.7 Å². The number of nitrogens with zero attached hydrogens (tertiary/aromatic N) is 2. The summed E-state index contributed by atoms with van der Waals surface area (Å²) in [6.07, 6.45) is 5.45. The summed E-state index contributed by atoms with van der Waals surface area (Å²) in [4.78, 5) is 4.86. The Bertz CT molecular complexity index is 463. The second-order valence-electron chi connectivity index (χ2n) is 5.35. The summed E-state index contributed by atoms with van der Waals surface area (Å²) in [5, 5.41) is 0. The topological polar surface area (TPSA) is 6.48 Å². The number of halogens is 2. The van der Waals surface area contributed by atoms with E-state index in [-0.39, 0.29) is 7.43 Å². The van der Waals surface area contributed by atoms with Gasteiger partial charge in [-0.1, -0.05) is 31.0 Å². The van der Waals surface area contributed by atoms with E-state index in [1.807, 2.05) is 11.5 Å². The van der Waals surface area contributed by atoms with Crippen molar-refractivity contribution in [1.82, 2.24) is 4.90 Å². The maximum absolute atomic E-state index is 5.32. The van der Waals surface area contributed by atoms with Gasteiger partial charge < -0.3 is 17.2 Å². The van der Waals surface area contributed by atoms with Gasteiger partial charge in [-0.3, -0.25) is 0 Å². The second kappa shape index (κ2) is 10.0. The first-order valence-corrected chi connectivity index (χ1v) is 12.8. The van der Waals surface area contributed by atoms with E-state index < -0.39 is 13.5 Å². The van der Waals surface area contributed by atoms with Crippen LogP contribution in [0.3, 0.4) is 0 Å². The van der Waals surface area contributed by atoms with Gasteiger partial charge in [-0.15, -0.1) is 0 Å². The van der Waals surface area contributed by atoms with E-state index in [4.69, 9.17) is 19.4 Å². The van der Waals surface area contributed by atoms with Crippen LogP contribution < -0.4 is 4.90 Å². The zero-order valence-corrected chi connectivity index (χ0v) is 16.8. The Hall–Kier alpha value is 0.0534. The van der Waals surface area contributed by atoms with Crippen molar-refractivity contribution < 1.29 is 13.5 Å². The van der Waals surface area contributed by atoms with Gasteiger partial charge in [-0.2, -0.15) is 6.67 Å². The molecule has 2 fully saturated rings. The van der Waals surface area contributed by atoms with E-state index in [2.05, 4.69) is 53.8 Å². The third-order valence-corrected chi connectivity index (χ3v) is 6.67. The molecule has 0 amide bonds. The van der Waals surface area contributed by atoms with Crippen molar-refractivity contribution in [1.29, 1.82) is 0 Å². The summed E-state index contributed by atoms with van der Waals surface area (Å²) in [7, 11) is 12.8. The van der Waals surface area contributed by atoms with Crippen molar-refractivity contribution in [3.8, 4) is 0 Å². The molecule has 0 radical (unpaired) electrons. The number of fused-ring (bicyclic) bond motifs is 1. The van der Waals surface area contributed by atoms with Gasteiger partial charge >= 0.3 is 44.4 Å². The van der Waals surface area contributed by atoms with Gasteiger partial charge in [-0.05, 0) is 32.0 Å². The van der Waals surface area contributed by atoms with E-state index in [0.29, 0.717) is 6.04 Å². The van der Waals surface area contributed by atoms with Gasteiger partial charge in [0.15, 0.2) is 0 Å². The first kappa shape index (κ1) is 20.1. The van der Waals surface area contributed by atoms with Crippen LogP contribution in [-0.2, 0) is 13.5 Å². The van der Waals surface area contributed by atoms with Gasteiger partial charge in [0.05, 0.1) is 0 Å². The third-order valence-electron chi connectivity index (χ3n) is 4.09. The zero-order valence-electron chi connectivity index (χ0n) is 13.5. The summed E-state index contributed by atoms with van der Waals surface area (Å²) in [6, 6.07) is 12.2. The first-order chi connectivity index (χ1) is 10.1. The van der Waals surface area contributed by atoms with E-state index >= 15 is 0 Å². The van der Waals surface area contributed by atoms with Crippen molar-refractivity contribution in [2.75, 3.05) is 11.9 Å². The Kier molecular flexibility index (Phi) is 9.16. The van der Waals surface area contributed by atoms with Crippen LogP contribution in [0, 0.1) is 14.1 Å². The minimum atomic E-state index is -1.36. The van der Waals surface area contributed by atoms with Crippen LogP contribution in [0.5, 0.6) is 0 Å². The Morgan fingerprint density at radius 3 is 2.23 bits per heavy atom. The van der Waals surface area contributed by atoms with E-state index in [9.17, 15) is 0 Å². The second-order valence-corrected chi connectivity index (χ2v) is 11.6. The molecule has 22 heavy (non-hydrogen) atoms. The third kappa shape index (κ3) is 5.30. The summed E-state index contributed by atoms with van der Waals surface area (Å²) in [6.45, 7) is 4.16. The number of hydrogen-bond donors (Lipinski definition) is 0. The van der Waals surface area contributed by atoms with Crippen LogP contribution in [0.4, 0.5) is 5.69 Å². The number of rotatable bonds is 1. The molecule has 1 heterocycles. The van der Waals surface area contributed by atoms with Crippen LogP contribution in [0.1, 0.15) is 32.6 Å². The minimum absolute atomic E-state index is 0. The Morgan fingerprint density at radius 2 is 1.68 bits per heavy atom. The monoisotopic (exact) mass is 430 g/mol. The maximum Gasteiger partial charge on any atom is -0.358 e. The molecule has 1 saturated heterocycles. The molecule has 1 saturated carbocycles. The fraction of sp³-hybridized carbons (Fsp3) is 0.471. The van der Waals surface area contributed by atoms with E-state index in [1.165, 1.54) is 31.4 Å². The SMILES string of the molecule is CN1[CH-]N(c2ccccc2)C2CCCCC21.C[CH]=[Ru]([Cl])[Cl].[CH3-]. The first-order valence-electron chi connectivity index (χ1n) is 7.31. The van der Waals surface area contributed by atoms with Crippen LogP contribution in [0.25, 0.3) is 0 Å². The van der Waals surface area contributed by atoms with Gasteiger partial charge in [0.2, 0.25) is 0 Å². The summed E-state index contributed by atoms with van der Waals surface area (Å²) < 4.78 is 1.84. The van der Waals surface area contributed by atoms with Gasteiger partial charge in [0, 0.05) is 17.8 Å². The average molecular weight is 430 g/mol. The van der Waals surface area contributed by atoms with E-state index in [0.717, 1.165) is 6.04 Å². The maximum atomic E-state index is 5.32. The molecule has 0 spiro atoms. The van der Waals surface area contributed by atoms with E-state index in [1.54, 1.807) is 0 Å². The molecular formula is C17H26Cl2N2Ru-2. The van der Waals surface area contributed by atoms with Gasteiger partial charge in [0.25, 0.3) is 0 Å². The number of likely N-dealkylation sites (N-methyl/N-ethyl adjacent to an activating group) is 1. The normalized spacial score (nSPS) is 24.5. The molecule has 0 N–H and O–H groups in total. The van der Waals surface area contributed by atoms with Gasteiger partial charge in [-0.25, -0.2) is 0 Å². The molecule has 1 aromatic carbocycles. The molecule has 1 aliphatic heterocycles. The molecule has 2 nitrogen and oxygen atoms in total. The Balaban J connectivity index is 0.000000356. The molecule has 5 heteroatoms. The van der Waals surface area contributed by atoms with Crippen LogP contribution in [0.15, 0.2) is 30.3 Å². The zero-order chi connectivity index (χ0) is 15.2. The molecule has 2 aliphatic rings. The van der Waals surface area contributed by atoms with Crippen LogP contribution in [0.2, 0.25) is 0 Å². The fourth-order valence-electron chi connectivity index (χ4n) is 3.12. The molecule has 0 bridgehead atoms. The van der Waals surface area contributed by atoms with Crippen molar-refractivity contribution in [3.05, 3.63) is 44.4 Å². The van der Waals surface area contributed by atoms with Crippen LogP contribution >= 0.6 is 19.4 Å².